The van der Waals surface area contributed by atoms with Crippen molar-refractivity contribution in [3.05, 3.63) is 71.8 Å². The number of benzene rings is 2. The fourth-order valence-electron chi connectivity index (χ4n) is 4.94. The van der Waals surface area contributed by atoms with Gasteiger partial charge in [0, 0.05) is 23.7 Å². The summed E-state index contributed by atoms with van der Waals surface area (Å²) in [5.74, 6) is -3.47. The van der Waals surface area contributed by atoms with E-state index in [9.17, 15) is 14.7 Å². The van der Waals surface area contributed by atoms with Gasteiger partial charge in [-0.3, -0.25) is 4.79 Å². The van der Waals surface area contributed by atoms with Crippen LogP contribution in [0.5, 0.6) is 0 Å². The molecule has 0 radical (unpaired) electrons. The maximum Gasteiger partial charge on any atom is 0.310 e. The summed E-state index contributed by atoms with van der Waals surface area (Å²) >= 11 is 0. The van der Waals surface area contributed by atoms with E-state index in [0.717, 1.165) is 36.8 Å². The lowest BCUT2D eigenvalue weighted by molar-refractivity contribution is -0.317. The second-order valence-electron chi connectivity index (χ2n) is 7.94. The van der Waals surface area contributed by atoms with Crippen LogP contribution in [0, 0.1) is 11.8 Å². The third-order valence-electron chi connectivity index (χ3n) is 6.30. The molecule has 0 amide bonds. The Hall–Kier alpha value is -2.62. The van der Waals surface area contributed by atoms with Crippen LogP contribution in [-0.4, -0.2) is 18.0 Å². The minimum atomic E-state index is -1.11. The molecule has 2 aliphatic rings. The number of hydrogen-bond donors (Lipinski definition) is 0. The average molecular weight is 377 g/mol. The van der Waals surface area contributed by atoms with E-state index in [1.54, 1.807) is 0 Å². The number of rotatable bonds is 5. The first-order chi connectivity index (χ1) is 13.7. The molecule has 2 aromatic carbocycles. The van der Waals surface area contributed by atoms with Gasteiger partial charge in [0.25, 0.3) is 0 Å². The van der Waals surface area contributed by atoms with Crippen LogP contribution < -0.4 is 5.11 Å². The summed E-state index contributed by atoms with van der Waals surface area (Å²) in [6.45, 7) is 0. The predicted molar refractivity (Wildman–Crippen MR) is 103 cm³/mol. The number of carbonyl (C=O) groups excluding carboxylic acids is 2. The van der Waals surface area contributed by atoms with Crippen LogP contribution in [0.15, 0.2) is 60.7 Å². The first kappa shape index (κ1) is 18.7. The first-order valence-corrected chi connectivity index (χ1v) is 10.2. The van der Waals surface area contributed by atoms with Gasteiger partial charge in [-0.2, -0.15) is 0 Å². The third kappa shape index (κ3) is 3.56. The van der Waals surface area contributed by atoms with Gasteiger partial charge in [0.05, 0.1) is 5.92 Å². The summed E-state index contributed by atoms with van der Waals surface area (Å²) in [6, 6.07) is 18.8. The van der Waals surface area contributed by atoms with Crippen molar-refractivity contribution in [3.8, 4) is 0 Å². The van der Waals surface area contributed by atoms with E-state index in [4.69, 9.17) is 4.74 Å². The van der Waals surface area contributed by atoms with Crippen LogP contribution in [0.3, 0.4) is 0 Å². The molecule has 2 aromatic rings. The molecule has 2 unspecified atom stereocenters. The monoisotopic (exact) mass is 377 g/mol. The summed E-state index contributed by atoms with van der Waals surface area (Å²) in [5, 5.41) is 12.0. The molecular formula is C24H25O4-. The van der Waals surface area contributed by atoms with E-state index in [2.05, 4.69) is 0 Å². The summed E-state index contributed by atoms with van der Waals surface area (Å²) in [5.41, 5.74) is 1.71. The van der Waals surface area contributed by atoms with Crippen LogP contribution in [0.2, 0.25) is 0 Å². The highest BCUT2D eigenvalue weighted by atomic mass is 16.5. The molecule has 2 atom stereocenters. The molecule has 0 spiro atoms. The lowest BCUT2D eigenvalue weighted by Gasteiger charge is -2.52. The molecule has 0 bridgehead atoms. The average Bonchev–Trinajstić information content (AvgIpc) is 2.69. The molecule has 0 aliphatic heterocycles. The van der Waals surface area contributed by atoms with Crippen LogP contribution >= 0.6 is 0 Å². The molecule has 4 heteroatoms. The van der Waals surface area contributed by atoms with Gasteiger partial charge < -0.3 is 14.6 Å². The van der Waals surface area contributed by atoms with Gasteiger partial charge in [-0.25, -0.2) is 0 Å². The Morgan fingerprint density at radius 3 is 1.71 bits per heavy atom. The van der Waals surface area contributed by atoms with Crippen LogP contribution in [0.1, 0.15) is 55.1 Å². The van der Waals surface area contributed by atoms with Crippen molar-refractivity contribution in [1.29, 1.82) is 0 Å². The van der Waals surface area contributed by atoms with E-state index in [0.29, 0.717) is 0 Å². The fourth-order valence-corrected chi connectivity index (χ4v) is 4.94. The summed E-state index contributed by atoms with van der Waals surface area (Å²) in [6.07, 6.45) is 5.09. The summed E-state index contributed by atoms with van der Waals surface area (Å²) in [4.78, 5) is 25.2. The van der Waals surface area contributed by atoms with Crippen molar-refractivity contribution < 1.29 is 19.4 Å². The van der Waals surface area contributed by atoms with Crippen molar-refractivity contribution in [2.75, 3.05) is 0 Å². The summed E-state index contributed by atoms with van der Waals surface area (Å²) in [7, 11) is 0. The van der Waals surface area contributed by atoms with Crippen molar-refractivity contribution >= 4 is 11.9 Å². The molecule has 0 N–H and O–H groups in total. The Labute approximate surface area is 165 Å². The molecule has 0 aromatic heterocycles. The molecule has 0 saturated heterocycles. The molecule has 2 aliphatic carbocycles. The SMILES string of the molecule is O=C([O-])C1C(c2ccccc2)C(C(=O)OC2CCCCC2)C1c1ccccc1. The maximum absolute atomic E-state index is 13.2. The van der Waals surface area contributed by atoms with E-state index in [1.807, 2.05) is 60.7 Å². The molecule has 4 nitrogen and oxygen atoms in total. The number of aliphatic carboxylic acids is 1. The second-order valence-corrected chi connectivity index (χ2v) is 7.94. The zero-order valence-corrected chi connectivity index (χ0v) is 15.8. The standard InChI is InChI=1S/C24H26O4/c25-23(26)21-19(16-10-4-1-5-11-16)22(20(21)17-12-6-2-7-13-17)24(27)28-18-14-8-3-9-15-18/h1-2,4-7,10-13,18-22H,3,8-9,14-15H2,(H,25,26)/p-1. The highest BCUT2D eigenvalue weighted by Gasteiger charge is 2.56. The zero-order chi connectivity index (χ0) is 19.5. The number of ether oxygens (including phenoxy) is 1. The molecule has 0 heterocycles. The largest absolute Gasteiger partial charge is 0.550 e. The van der Waals surface area contributed by atoms with Gasteiger partial charge in [0.2, 0.25) is 0 Å². The third-order valence-corrected chi connectivity index (χ3v) is 6.30. The quantitative estimate of drug-likeness (QED) is 0.749. The molecule has 28 heavy (non-hydrogen) atoms. The lowest BCUT2D eigenvalue weighted by Crippen LogP contribution is -2.55. The Morgan fingerprint density at radius 1 is 0.750 bits per heavy atom. The minimum Gasteiger partial charge on any atom is -0.550 e. The second kappa shape index (κ2) is 8.17. The Kier molecular flexibility index (Phi) is 5.47. The Morgan fingerprint density at radius 2 is 1.25 bits per heavy atom. The predicted octanol–water partition coefficient (Wildman–Crippen LogP) is 3.43. The van der Waals surface area contributed by atoms with E-state index in [-0.39, 0.29) is 12.1 Å². The number of esters is 1. The van der Waals surface area contributed by atoms with Gasteiger partial charge in [0.1, 0.15) is 6.10 Å². The lowest BCUT2D eigenvalue weighted by atomic mass is 9.52. The molecule has 2 saturated carbocycles. The molecular weight excluding hydrogens is 352 g/mol. The number of carbonyl (C=O) groups is 2. The zero-order valence-electron chi connectivity index (χ0n) is 15.8. The van der Waals surface area contributed by atoms with Gasteiger partial charge in [0.15, 0.2) is 0 Å². The van der Waals surface area contributed by atoms with Crippen molar-refractivity contribution in [1.82, 2.24) is 0 Å². The Balaban J connectivity index is 1.66. The highest BCUT2D eigenvalue weighted by Crippen LogP contribution is 2.57. The molecule has 4 rings (SSSR count). The van der Waals surface area contributed by atoms with Gasteiger partial charge >= 0.3 is 5.97 Å². The van der Waals surface area contributed by atoms with Crippen molar-refractivity contribution in [3.63, 3.8) is 0 Å². The topological polar surface area (TPSA) is 66.4 Å². The normalized spacial score (nSPS) is 27.6. The first-order valence-electron chi connectivity index (χ1n) is 10.2. The van der Waals surface area contributed by atoms with Crippen molar-refractivity contribution in [2.45, 2.75) is 50.0 Å². The smallest absolute Gasteiger partial charge is 0.310 e. The fraction of sp³-hybridized carbons (Fsp3) is 0.417. The number of carboxylic acid groups (broad SMARTS) is 1. The molecule has 146 valence electrons. The maximum atomic E-state index is 13.2. The van der Waals surface area contributed by atoms with Gasteiger partial charge in [-0.15, -0.1) is 0 Å². The Bertz CT molecular complexity index is 764. The highest BCUT2D eigenvalue weighted by molar-refractivity contribution is 5.84. The number of carboxylic acids is 1. The van der Waals surface area contributed by atoms with Gasteiger partial charge in [-0.1, -0.05) is 67.1 Å². The van der Waals surface area contributed by atoms with Crippen LogP contribution in [0.25, 0.3) is 0 Å². The van der Waals surface area contributed by atoms with E-state index >= 15 is 0 Å². The summed E-state index contributed by atoms with van der Waals surface area (Å²) < 4.78 is 5.87. The van der Waals surface area contributed by atoms with Crippen LogP contribution in [-0.2, 0) is 14.3 Å². The molecule has 2 fully saturated rings. The van der Waals surface area contributed by atoms with Crippen LogP contribution in [0.4, 0.5) is 0 Å². The van der Waals surface area contributed by atoms with E-state index in [1.165, 1.54) is 6.42 Å². The van der Waals surface area contributed by atoms with Gasteiger partial charge in [-0.05, 0) is 36.8 Å². The minimum absolute atomic E-state index is 0.0453. The number of hydrogen-bond acceptors (Lipinski definition) is 4. The van der Waals surface area contributed by atoms with E-state index < -0.39 is 29.6 Å². The van der Waals surface area contributed by atoms with Crippen molar-refractivity contribution in [2.24, 2.45) is 11.8 Å².